The molecule has 3 heterocycles. The summed E-state index contributed by atoms with van der Waals surface area (Å²) in [5.41, 5.74) is 3.44. The molecule has 0 fully saturated rings. The second-order valence-electron chi connectivity index (χ2n) is 7.13. The first-order valence-corrected chi connectivity index (χ1v) is 9.42. The third-order valence-electron chi connectivity index (χ3n) is 4.72. The Morgan fingerprint density at radius 2 is 1.90 bits per heavy atom. The van der Waals surface area contributed by atoms with Crippen molar-refractivity contribution >= 4 is 16.8 Å². The lowest BCUT2D eigenvalue weighted by atomic mass is 10.1. The van der Waals surface area contributed by atoms with Crippen molar-refractivity contribution in [3.05, 3.63) is 52.7 Å². The van der Waals surface area contributed by atoms with Crippen LogP contribution >= 0.6 is 0 Å². The Bertz CT molecular complexity index is 1200. The zero-order valence-corrected chi connectivity index (χ0v) is 16.7. The van der Waals surface area contributed by atoms with Crippen LogP contribution in [0.25, 0.3) is 27.9 Å². The van der Waals surface area contributed by atoms with E-state index in [1.807, 2.05) is 44.4 Å². The maximum atomic E-state index is 12.9. The summed E-state index contributed by atoms with van der Waals surface area (Å²) in [4.78, 5) is 19.4. The maximum absolute atomic E-state index is 12.9. The molecular formula is C20H23N7O2. The van der Waals surface area contributed by atoms with Crippen molar-refractivity contribution in [1.82, 2.24) is 34.3 Å². The highest BCUT2D eigenvalue weighted by atomic mass is 16.5. The second-order valence-corrected chi connectivity index (χ2v) is 7.13. The molecule has 0 aliphatic carbocycles. The Labute approximate surface area is 167 Å². The summed E-state index contributed by atoms with van der Waals surface area (Å²) in [6, 6.07) is 9.83. The highest BCUT2D eigenvalue weighted by Gasteiger charge is 2.20. The summed E-state index contributed by atoms with van der Waals surface area (Å²) in [5, 5.41) is 13.2. The van der Waals surface area contributed by atoms with Crippen LogP contribution in [0, 0.1) is 0 Å². The third-order valence-corrected chi connectivity index (χ3v) is 4.72. The van der Waals surface area contributed by atoms with E-state index in [-0.39, 0.29) is 11.1 Å². The highest BCUT2D eigenvalue weighted by Crippen LogP contribution is 2.28. The lowest BCUT2D eigenvalue weighted by Crippen LogP contribution is -2.25. The van der Waals surface area contributed by atoms with Crippen molar-refractivity contribution in [3.8, 4) is 11.1 Å². The normalized spacial score (nSPS) is 11.7. The average Bonchev–Trinajstić information content (AvgIpc) is 3.09. The quantitative estimate of drug-likeness (QED) is 0.471. The first-order valence-electron chi connectivity index (χ1n) is 9.42. The van der Waals surface area contributed by atoms with Gasteiger partial charge in [0.15, 0.2) is 16.8 Å². The molecular weight excluding hydrogens is 370 g/mol. The summed E-state index contributed by atoms with van der Waals surface area (Å²) in [7, 11) is 5.62. The van der Waals surface area contributed by atoms with Gasteiger partial charge in [-0.2, -0.15) is 9.61 Å². The molecule has 0 aliphatic heterocycles. The number of hydrogen-bond acceptors (Lipinski definition) is 7. The number of hydrogen-bond donors (Lipinski definition) is 0. The van der Waals surface area contributed by atoms with E-state index in [0.29, 0.717) is 24.4 Å². The van der Waals surface area contributed by atoms with Crippen LogP contribution in [0.4, 0.5) is 0 Å². The Morgan fingerprint density at radius 1 is 1.10 bits per heavy atom. The van der Waals surface area contributed by atoms with E-state index in [9.17, 15) is 4.79 Å². The lowest BCUT2D eigenvalue weighted by Gasteiger charge is -2.10. The number of rotatable bonds is 7. The van der Waals surface area contributed by atoms with Crippen LogP contribution in [0.15, 0.2) is 41.5 Å². The van der Waals surface area contributed by atoms with Crippen LogP contribution in [-0.2, 0) is 17.9 Å². The number of benzene rings is 1. The van der Waals surface area contributed by atoms with E-state index in [4.69, 9.17) is 4.74 Å². The minimum atomic E-state index is -0.215. The molecule has 1 aromatic carbocycles. The smallest absolute Gasteiger partial charge is 0.283 e. The van der Waals surface area contributed by atoms with Crippen LogP contribution in [0.1, 0.15) is 12.1 Å². The summed E-state index contributed by atoms with van der Waals surface area (Å²) in [6.07, 6.45) is 2.40. The van der Waals surface area contributed by atoms with Gasteiger partial charge in [-0.15, -0.1) is 10.2 Å². The number of fused-ring (bicyclic) bond motifs is 3. The van der Waals surface area contributed by atoms with E-state index in [0.717, 1.165) is 29.8 Å². The zero-order valence-electron chi connectivity index (χ0n) is 16.7. The zero-order chi connectivity index (χ0) is 20.4. The molecule has 0 amide bonds. The molecule has 9 nitrogen and oxygen atoms in total. The van der Waals surface area contributed by atoms with E-state index in [2.05, 4.69) is 25.2 Å². The van der Waals surface area contributed by atoms with Gasteiger partial charge >= 0.3 is 0 Å². The van der Waals surface area contributed by atoms with Crippen molar-refractivity contribution < 1.29 is 4.74 Å². The lowest BCUT2D eigenvalue weighted by molar-refractivity contribution is 0.181. The predicted octanol–water partition coefficient (Wildman–Crippen LogP) is 1.60. The number of aryl methyl sites for hydroxylation is 1. The fraction of sp³-hybridized carbons (Fsp3) is 0.350. The molecule has 150 valence electrons. The van der Waals surface area contributed by atoms with Gasteiger partial charge in [0.25, 0.3) is 5.56 Å². The summed E-state index contributed by atoms with van der Waals surface area (Å²) in [6.45, 7) is 1.77. The van der Waals surface area contributed by atoms with Crippen LogP contribution in [0.2, 0.25) is 0 Å². The van der Waals surface area contributed by atoms with Crippen LogP contribution in [0.3, 0.4) is 0 Å². The van der Waals surface area contributed by atoms with Crippen molar-refractivity contribution in [3.63, 3.8) is 0 Å². The largest absolute Gasteiger partial charge is 0.378 e. The van der Waals surface area contributed by atoms with Gasteiger partial charge in [0, 0.05) is 13.7 Å². The summed E-state index contributed by atoms with van der Waals surface area (Å²) in [5.74, 6) is 0. The molecule has 9 heteroatoms. The molecule has 0 saturated heterocycles. The third kappa shape index (κ3) is 3.62. The van der Waals surface area contributed by atoms with Gasteiger partial charge < -0.3 is 9.64 Å². The van der Waals surface area contributed by atoms with Crippen molar-refractivity contribution in [2.75, 3.05) is 27.7 Å². The Balaban J connectivity index is 1.86. The van der Waals surface area contributed by atoms with Crippen LogP contribution in [-0.4, -0.2) is 62.0 Å². The summed E-state index contributed by atoms with van der Waals surface area (Å²) < 4.78 is 8.49. The Morgan fingerprint density at radius 3 is 2.62 bits per heavy atom. The van der Waals surface area contributed by atoms with Crippen LogP contribution in [0.5, 0.6) is 0 Å². The molecule has 0 aliphatic rings. The molecule has 0 saturated carbocycles. The molecule has 3 aromatic heterocycles. The minimum Gasteiger partial charge on any atom is -0.378 e. The number of methoxy groups -OCH3 is 1. The number of ether oxygens (including phenoxy) is 1. The van der Waals surface area contributed by atoms with E-state index >= 15 is 0 Å². The molecule has 0 spiro atoms. The van der Waals surface area contributed by atoms with Crippen molar-refractivity contribution in [2.24, 2.45) is 0 Å². The van der Waals surface area contributed by atoms with Gasteiger partial charge in [0.1, 0.15) is 6.33 Å². The van der Waals surface area contributed by atoms with Gasteiger partial charge in [-0.3, -0.25) is 9.36 Å². The van der Waals surface area contributed by atoms with Crippen molar-refractivity contribution in [2.45, 2.75) is 19.6 Å². The first-order chi connectivity index (χ1) is 14.1. The van der Waals surface area contributed by atoms with E-state index in [1.54, 1.807) is 22.5 Å². The van der Waals surface area contributed by atoms with Gasteiger partial charge in [0.05, 0.1) is 17.9 Å². The van der Waals surface area contributed by atoms with E-state index in [1.165, 1.54) is 0 Å². The monoisotopic (exact) mass is 393 g/mol. The fourth-order valence-electron chi connectivity index (χ4n) is 3.36. The maximum Gasteiger partial charge on any atom is 0.283 e. The molecule has 0 radical (unpaired) electrons. The molecule has 4 aromatic rings. The predicted molar refractivity (Wildman–Crippen MR) is 110 cm³/mol. The molecule has 0 N–H and O–H groups in total. The van der Waals surface area contributed by atoms with Gasteiger partial charge in [-0.05, 0) is 32.6 Å². The number of aromatic nitrogens is 6. The van der Waals surface area contributed by atoms with E-state index < -0.39 is 0 Å². The van der Waals surface area contributed by atoms with Crippen LogP contribution < -0.4 is 5.56 Å². The SMILES string of the molecule is COCc1nn2c(nnc3c(=O)n(CCCN(C)C)cnc32)c1-c1ccccc1. The Hall–Kier alpha value is -3.17. The molecule has 0 bridgehead atoms. The molecule has 4 rings (SSSR count). The minimum absolute atomic E-state index is 0.205. The topological polar surface area (TPSA) is 90.4 Å². The molecule has 29 heavy (non-hydrogen) atoms. The Kier molecular flexibility index (Phi) is 5.32. The summed E-state index contributed by atoms with van der Waals surface area (Å²) >= 11 is 0. The van der Waals surface area contributed by atoms with Gasteiger partial charge in [0.2, 0.25) is 0 Å². The average molecular weight is 393 g/mol. The fourth-order valence-corrected chi connectivity index (χ4v) is 3.36. The molecule has 0 atom stereocenters. The first kappa shape index (κ1) is 19.2. The van der Waals surface area contributed by atoms with Gasteiger partial charge in [-0.1, -0.05) is 30.3 Å². The second kappa shape index (κ2) is 8.06. The number of nitrogens with zero attached hydrogens (tertiary/aromatic N) is 7. The standard InChI is InChI=1S/C20H23N7O2/c1-25(2)10-7-11-26-13-21-19-17(20(26)28)22-23-18-16(14-8-5-4-6-9-14)15(12-29-3)24-27(18)19/h4-6,8-9,13H,7,10-12H2,1-3H3. The highest BCUT2D eigenvalue weighted by molar-refractivity contribution is 5.83. The van der Waals surface area contributed by atoms with Gasteiger partial charge in [-0.25, -0.2) is 4.98 Å². The molecule has 0 unspecified atom stereocenters. The van der Waals surface area contributed by atoms with Crippen molar-refractivity contribution in [1.29, 1.82) is 0 Å².